The van der Waals surface area contributed by atoms with Gasteiger partial charge in [-0.3, -0.25) is 14.5 Å². The van der Waals surface area contributed by atoms with E-state index in [1.54, 1.807) is 24.3 Å². The van der Waals surface area contributed by atoms with Crippen LogP contribution in [0.4, 0.5) is 11.4 Å². The molecule has 1 saturated heterocycles. The number of benzene rings is 3. The molecule has 0 amide bonds. The summed E-state index contributed by atoms with van der Waals surface area (Å²) in [4.78, 5) is 13.6. The molecule has 1 aliphatic rings. The number of nitrogens with zero attached hydrogens (tertiary/aromatic N) is 2. The molecule has 4 rings (SSSR count). The van der Waals surface area contributed by atoms with Crippen molar-refractivity contribution in [2.45, 2.75) is 13.0 Å². The van der Waals surface area contributed by atoms with Crippen LogP contribution in [-0.4, -0.2) is 57.3 Å². The number of rotatable bonds is 8. The van der Waals surface area contributed by atoms with Gasteiger partial charge in [0.2, 0.25) is 10.0 Å². The van der Waals surface area contributed by atoms with E-state index < -0.39 is 21.7 Å². The van der Waals surface area contributed by atoms with Crippen LogP contribution in [0.25, 0.3) is 10.8 Å². The fraction of sp³-hybridized carbons (Fsp3) is 0.280. The molecule has 0 aliphatic carbocycles. The Morgan fingerprint density at radius 2 is 1.70 bits per heavy atom. The summed E-state index contributed by atoms with van der Waals surface area (Å²) in [6.45, 7) is 3.60. The van der Waals surface area contributed by atoms with Crippen molar-refractivity contribution in [3.05, 3.63) is 71.8 Å². The van der Waals surface area contributed by atoms with Gasteiger partial charge in [0.05, 0.1) is 12.2 Å². The maximum atomic E-state index is 13.1. The smallest absolute Gasteiger partial charge is 0.320 e. The maximum Gasteiger partial charge on any atom is 0.320 e. The number of carbonyl (C=O) groups is 1. The predicted octanol–water partition coefficient (Wildman–Crippen LogP) is 3.19. The molecule has 0 radical (unpaired) electrons. The van der Waals surface area contributed by atoms with Gasteiger partial charge < -0.3 is 21.1 Å². The van der Waals surface area contributed by atoms with Crippen LogP contribution in [0.3, 0.4) is 0 Å². The van der Waals surface area contributed by atoms with Crippen LogP contribution < -0.4 is 20.3 Å². The first-order chi connectivity index (χ1) is 16.7. The van der Waals surface area contributed by atoms with Crippen LogP contribution in [0.2, 0.25) is 0 Å². The van der Waals surface area contributed by atoms with Crippen LogP contribution in [-0.2, 0) is 21.4 Å². The van der Waals surface area contributed by atoms with E-state index >= 15 is 0 Å². The highest BCUT2D eigenvalue weighted by Crippen LogP contribution is 2.27. The Hall–Kier alpha value is -3.05. The molecule has 1 aliphatic heterocycles. The Kier molecular flexibility index (Phi) is 10.6. The van der Waals surface area contributed by atoms with Crippen molar-refractivity contribution in [3.8, 4) is 0 Å². The highest BCUT2D eigenvalue weighted by atomic mass is 35.5. The minimum absolute atomic E-state index is 0. The van der Waals surface area contributed by atoms with Crippen molar-refractivity contribution in [2.75, 3.05) is 41.1 Å². The number of halogens is 2. The molecule has 0 saturated carbocycles. The number of fused-ring (bicyclic) bond motifs is 1. The zero-order valence-corrected chi connectivity index (χ0v) is 22.5. The van der Waals surface area contributed by atoms with Crippen LogP contribution in [0.1, 0.15) is 17.5 Å². The molecule has 0 unspecified atom stereocenters. The lowest BCUT2D eigenvalue weighted by atomic mass is 10.0. The number of hydrogen-bond donors (Lipinski definition) is 4. The molecule has 37 heavy (non-hydrogen) atoms. The Bertz CT molecular complexity index is 1340. The van der Waals surface area contributed by atoms with Crippen LogP contribution in [0.15, 0.2) is 60.7 Å². The lowest BCUT2D eigenvalue weighted by molar-refractivity contribution is -0.134. The third-order valence-electron chi connectivity index (χ3n) is 6.03. The first-order valence-electron chi connectivity index (χ1n) is 11.4. The van der Waals surface area contributed by atoms with E-state index in [0.29, 0.717) is 16.8 Å². The molecule has 12 heteroatoms. The first kappa shape index (κ1) is 30.2. The fourth-order valence-electron chi connectivity index (χ4n) is 4.25. The van der Waals surface area contributed by atoms with Crippen LogP contribution in [0, 0.1) is 5.41 Å². The highest BCUT2D eigenvalue weighted by molar-refractivity contribution is 7.93. The second-order valence-corrected chi connectivity index (χ2v) is 10.5. The first-order valence-corrected chi connectivity index (χ1v) is 13.0. The zero-order valence-electron chi connectivity index (χ0n) is 20.1. The summed E-state index contributed by atoms with van der Waals surface area (Å²) >= 11 is 0. The summed E-state index contributed by atoms with van der Waals surface area (Å²) in [5, 5.41) is 22.0. The molecule has 0 bridgehead atoms. The van der Waals surface area contributed by atoms with Crippen molar-refractivity contribution in [1.82, 2.24) is 5.32 Å². The van der Waals surface area contributed by atoms with Gasteiger partial charge in [-0.1, -0.05) is 24.3 Å². The van der Waals surface area contributed by atoms with Crippen molar-refractivity contribution in [3.63, 3.8) is 0 Å². The number of amidine groups is 1. The van der Waals surface area contributed by atoms with Gasteiger partial charge in [-0.05, 0) is 65.7 Å². The van der Waals surface area contributed by atoms with Crippen LogP contribution in [0.5, 0.6) is 0 Å². The number of carboxylic acid groups (broad SMARTS) is 1. The number of aliphatic carboxylic acids is 1. The molecule has 5 N–H and O–H groups in total. The third kappa shape index (κ3) is 7.48. The molecule has 0 aromatic heterocycles. The average Bonchev–Trinajstić information content (AvgIpc) is 3.11. The standard InChI is InChI=1S/C25H29N5O4S.2ClH/c26-25(27)20-5-4-19-3-2-18(14-21(19)15-20)16-30(35(33,34)17-24(31)32)23-8-6-22(7-9-23)29-12-1-10-28-11-13-29;;/h2-9,14-15,28H,1,10-13,16-17H2,(H3,26,27)(H,31,32);2*1H. The van der Waals surface area contributed by atoms with Crippen molar-refractivity contribution < 1.29 is 18.3 Å². The molecule has 3 aromatic carbocycles. The monoisotopic (exact) mass is 567 g/mol. The van der Waals surface area contributed by atoms with Crippen molar-refractivity contribution in [1.29, 1.82) is 5.41 Å². The van der Waals surface area contributed by atoms with Crippen molar-refractivity contribution >= 4 is 68.8 Å². The lowest BCUT2D eigenvalue weighted by Crippen LogP contribution is -2.35. The summed E-state index contributed by atoms with van der Waals surface area (Å²) in [6.07, 6.45) is 1.02. The van der Waals surface area contributed by atoms with Gasteiger partial charge in [0, 0.05) is 30.9 Å². The zero-order chi connectivity index (χ0) is 25.0. The Morgan fingerprint density at radius 3 is 2.38 bits per heavy atom. The largest absolute Gasteiger partial charge is 0.480 e. The van der Waals surface area contributed by atoms with E-state index in [-0.39, 0.29) is 37.2 Å². The molecule has 3 aromatic rings. The van der Waals surface area contributed by atoms with Gasteiger partial charge in [-0.15, -0.1) is 24.8 Å². The van der Waals surface area contributed by atoms with Gasteiger partial charge >= 0.3 is 5.97 Å². The van der Waals surface area contributed by atoms with Gasteiger partial charge in [-0.25, -0.2) is 8.42 Å². The van der Waals surface area contributed by atoms with E-state index in [1.165, 1.54) is 0 Å². The molecular formula is C25H31Cl2N5O4S. The second-order valence-electron chi connectivity index (χ2n) is 8.57. The summed E-state index contributed by atoms with van der Waals surface area (Å²) in [5.41, 5.74) is 8.27. The fourth-order valence-corrected chi connectivity index (χ4v) is 5.50. The molecule has 0 atom stereocenters. The lowest BCUT2D eigenvalue weighted by Gasteiger charge is -2.26. The summed E-state index contributed by atoms with van der Waals surface area (Å²) in [5.74, 6) is -2.47. The van der Waals surface area contributed by atoms with Gasteiger partial charge in [0.25, 0.3) is 0 Å². The molecule has 200 valence electrons. The molecule has 1 heterocycles. The number of sulfonamides is 1. The van der Waals surface area contributed by atoms with Crippen molar-refractivity contribution in [2.24, 2.45) is 5.73 Å². The Balaban J connectivity index is 0.00000241. The second kappa shape index (κ2) is 13.0. The Labute approximate surface area is 229 Å². The average molecular weight is 569 g/mol. The molecular weight excluding hydrogens is 537 g/mol. The normalized spacial score (nSPS) is 13.7. The topological polar surface area (TPSA) is 140 Å². The van der Waals surface area contributed by atoms with E-state index in [9.17, 15) is 18.3 Å². The third-order valence-corrected chi connectivity index (χ3v) is 7.65. The maximum absolute atomic E-state index is 13.1. The quantitative estimate of drug-likeness (QED) is 0.242. The highest BCUT2D eigenvalue weighted by Gasteiger charge is 2.26. The summed E-state index contributed by atoms with van der Waals surface area (Å²) in [7, 11) is -4.14. The van der Waals surface area contributed by atoms with Gasteiger partial charge in [0.1, 0.15) is 5.84 Å². The van der Waals surface area contributed by atoms with E-state index in [4.69, 9.17) is 11.1 Å². The number of nitrogens with two attached hydrogens (primary N) is 1. The predicted molar refractivity (Wildman–Crippen MR) is 153 cm³/mol. The minimum Gasteiger partial charge on any atom is -0.480 e. The number of anilines is 2. The SMILES string of the molecule is Cl.Cl.N=C(N)c1ccc2ccc(CN(c3ccc(N4CCCNCC4)cc3)S(=O)(=O)CC(=O)O)cc2c1. The molecule has 9 nitrogen and oxygen atoms in total. The molecule has 0 spiro atoms. The van der Waals surface area contributed by atoms with Gasteiger partial charge in [-0.2, -0.15) is 0 Å². The summed E-state index contributed by atoms with van der Waals surface area (Å²) in [6, 6.07) is 18.1. The van der Waals surface area contributed by atoms with E-state index in [2.05, 4.69) is 10.2 Å². The number of nitrogens with one attached hydrogen (secondary N) is 2. The number of carboxylic acids is 1. The Morgan fingerprint density at radius 1 is 1.00 bits per heavy atom. The number of nitrogen functional groups attached to an aromatic ring is 1. The minimum atomic E-state index is -4.14. The molecule has 1 fully saturated rings. The van der Waals surface area contributed by atoms with Crippen LogP contribution >= 0.6 is 24.8 Å². The summed E-state index contributed by atoms with van der Waals surface area (Å²) < 4.78 is 27.3. The van der Waals surface area contributed by atoms with E-state index in [1.807, 2.05) is 36.4 Å². The van der Waals surface area contributed by atoms with Gasteiger partial charge in [0.15, 0.2) is 5.75 Å². The number of hydrogen-bond acceptors (Lipinski definition) is 6. The van der Waals surface area contributed by atoms with E-state index in [0.717, 1.165) is 53.4 Å².